The number of hydrogen-bond acceptors (Lipinski definition) is 2. The van der Waals surface area contributed by atoms with Crippen LogP contribution in [0.1, 0.15) is 52.4 Å². The number of nitrogens with one attached hydrogen (secondary N) is 1. The van der Waals surface area contributed by atoms with Crippen LogP contribution in [-0.2, 0) is 0 Å². The highest BCUT2D eigenvalue weighted by Gasteiger charge is 2.23. The highest BCUT2D eigenvalue weighted by molar-refractivity contribution is 4.79. The Hall–Kier alpha value is -0.550. The summed E-state index contributed by atoms with van der Waals surface area (Å²) in [4.78, 5) is 0. The van der Waals surface area contributed by atoms with E-state index in [0.717, 1.165) is 37.3 Å². The minimum absolute atomic E-state index is 0.708. The Kier molecular flexibility index (Phi) is 5.71. The van der Waals surface area contributed by atoms with E-state index in [1.807, 2.05) is 0 Å². The molecule has 0 aliphatic heterocycles. The fraction of sp³-hybridized carbons (Fsp3) is 0.923. The molecule has 0 spiro atoms. The Morgan fingerprint density at radius 1 is 1.20 bits per heavy atom. The van der Waals surface area contributed by atoms with Gasteiger partial charge in [0.05, 0.1) is 6.07 Å². The second kappa shape index (κ2) is 6.85. The second-order valence-corrected chi connectivity index (χ2v) is 5.03. The summed E-state index contributed by atoms with van der Waals surface area (Å²) in [6.45, 7) is 5.83. The molecular formula is C13H24N2. The van der Waals surface area contributed by atoms with E-state index in [4.69, 9.17) is 5.26 Å². The normalized spacial score (nSPS) is 31.1. The molecule has 1 aliphatic rings. The van der Waals surface area contributed by atoms with E-state index in [9.17, 15) is 0 Å². The SMILES string of the molecule is CC1CCC(NCCCCC#N)CC1C. The van der Waals surface area contributed by atoms with Gasteiger partial charge in [0.25, 0.3) is 0 Å². The van der Waals surface area contributed by atoms with Gasteiger partial charge in [-0.25, -0.2) is 0 Å². The zero-order valence-corrected chi connectivity index (χ0v) is 10.1. The molecule has 0 radical (unpaired) electrons. The van der Waals surface area contributed by atoms with Crippen molar-refractivity contribution in [3.05, 3.63) is 0 Å². The molecule has 86 valence electrons. The highest BCUT2D eigenvalue weighted by atomic mass is 14.9. The van der Waals surface area contributed by atoms with E-state index in [1.165, 1.54) is 19.3 Å². The molecule has 1 N–H and O–H groups in total. The van der Waals surface area contributed by atoms with Gasteiger partial charge in [-0.05, 0) is 50.5 Å². The maximum Gasteiger partial charge on any atom is 0.0621 e. The number of rotatable bonds is 5. The smallest absolute Gasteiger partial charge is 0.0621 e. The average Bonchev–Trinajstić information content (AvgIpc) is 2.23. The summed E-state index contributed by atoms with van der Waals surface area (Å²) in [6, 6.07) is 2.93. The molecule has 3 atom stereocenters. The Bertz CT molecular complexity index is 207. The molecule has 2 nitrogen and oxygen atoms in total. The first-order chi connectivity index (χ1) is 7.24. The van der Waals surface area contributed by atoms with Crippen molar-refractivity contribution in [3.63, 3.8) is 0 Å². The molecule has 1 aliphatic carbocycles. The van der Waals surface area contributed by atoms with Crippen molar-refractivity contribution in [2.24, 2.45) is 11.8 Å². The van der Waals surface area contributed by atoms with E-state index in [2.05, 4.69) is 25.2 Å². The van der Waals surface area contributed by atoms with E-state index >= 15 is 0 Å². The predicted octanol–water partition coefficient (Wildman–Crippen LogP) is 3.09. The van der Waals surface area contributed by atoms with Crippen LogP contribution in [0.15, 0.2) is 0 Å². The quantitative estimate of drug-likeness (QED) is 0.705. The Labute approximate surface area is 94.1 Å². The maximum absolute atomic E-state index is 8.41. The van der Waals surface area contributed by atoms with Gasteiger partial charge in [-0.2, -0.15) is 5.26 Å². The molecule has 3 unspecified atom stereocenters. The third-order valence-electron chi connectivity index (χ3n) is 3.75. The van der Waals surface area contributed by atoms with Crippen LogP contribution >= 0.6 is 0 Å². The van der Waals surface area contributed by atoms with Crippen LogP contribution in [0.25, 0.3) is 0 Å². The Morgan fingerprint density at radius 3 is 2.67 bits per heavy atom. The monoisotopic (exact) mass is 208 g/mol. The van der Waals surface area contributed by atoms with Crippen LogP contribution in [0.3, 0.4) is 0 Å². The lowest BCUT2D eigenvalue weighted by Gasteiger charge is -2.32. The van der Waals surface area contributed by atoms with Gasteiger partial charge in [-0.3, -0.25) is 0 Å². The maximum atomic E-state index is 8.41. The summed E-state index contributed by atoms with van der Waals surface area (Å²) in [5.41, 5.74) is 0. The van der Waals surface area contributed by atoms with E-state index in [1.54, 1.807) is 0 Å². The Balaban J connectivity index is 2.05. The van der Waals surface area contributed by atoms with Crippen molar-refractivity contribution in [3.8, 4) is 6.07 Å². The van der Waals surface area contributed by atoms with Crippen molar-refractivity contribution in [1.82, 2.24) is 5.32 Å². The van der Waals surface area contributed by atoms with Crippen molar-refractivity contribution >= 4 is 0 Å². The fourth-order valence-corrected chi connectivity index (χ4v) is 2.37. The van der Waals surface area contributed by atoms with Gasteiger partial charge < -0.3 is 5.32 Å². The topological polar surface area (TPSA) is 35.8 Å². The van der Waals surface area contributed by atoms with E-state index in [-0.39, 0.29) is 0 Å². The number of nitriles is 1. The molecule has 0 aromatic rings. The summed E-state index contributed by atoms with van der Waals surface area (Å²) >= 11 is 0. The number of nitrogens with zero attached hydrogens (tertiary/aromatic N) is 1. The van der Waals surface area contributed by atoms with Gasteiger partial charge in [0, 0.05) is 12.5 Å². The van der Waals surface area contributed by atoms with E-state index in [0.29, 0.717) is 6.42 Å². The van der Waals surface area contributed by atoms with Crippen LogP contribution in [0.5, 0.6) is 0 Å². The van der Waals surface area contributed by atoms with Gasteiger partial charge in [0.15, 0.2) is 0 Å². The van der Waals surface area contributed by atoms with Crippen molar-refractivity contribution in [2.45, 2.75) is 58.4 Å². The standard InChI is InChI=1S/C13H24N2/c1-11-6-7-13(10-12(11)2)15-9-5-3-4-8-14/h11-13,15H,3-7,9-10H2,1-2H3. The van der Waals surface area contributed by atoms with Gasteiger partial charge in [0.2, 0.25) is 0 Å². The van der Waals surface area contributed by atoms with Crippen molar-refractivity contribution in [1.29, 1.82) is 5.26 Å². The molecule has 0 aromatic heterocycles. The third kappa shape index (κ3) is 4.66. The molecule has 1 fully saturated rings. The molecule has 2 heteroatoms. The molecular weight excluding hydrogens is 184 g/mol. The predicted molar refractivity (Wildman–Crippen MR) is 63.4 cm³/mol. The minimum Gasteiger partial charge on any atom is -0.314 e. The summed E-state index contributed by atoms with van der Waals surface area (Å²) < 4.78 is 0. The van der Waals surface area contributed by atoms with Crippen LogP contribution in [-0.4, -0.2) is 12.6 Å². The van der Waals surface area contributed by atoms with Gasteiger partial charge >= 0.3 is 0 Å². The highest BCUT2D eigenvalue weighted by Crippen LogP contribution is 2.29. The molecule has 0 heterocycles. The van der Waals surface area contributed by atoms with Gasteiger partial charge in [-0.1, -0.05) is 13.8 Å². The number of unbranched alkanes of at least 4 members (excludes halogenated alkanes) is 2. The molecule has 0 amide bonds. The Morgan fingerprint density at radius 2 is 2.00 bits per heavy atom. The molecule has 0 aromatic carbocycles. The average molecular weight is 208 g/mol. The molecule has 1 rings (SSSR count). The van der Waals surface area contributed by atoms with Crippen molar-refractivity contribution < 1.29 is 0 Å². The van der Waals surface area contributed by atoms with E-state index < -0.39 is 0 Å². The van der Waals surface area contributed by atoms with Gasteiger partial charge in [-0.15, -0.1) is 0 Å². The summed E-state index contributed by atoms with van der Waals surface area (Å²) in [5.74, 6) is 1.77. The zero-order valence-electron chi connectivity index (χ0n) is 10.1. The summed E-state index contributed by atoms with van der Waals surface area (Å²) in [6.07, 6.45) is 6.94. The van der Waals surface area contributed by atoms with Crippen LogP contribution in [0.2, 0.25) is 0 Å². The molecule has 0 bridgehead atoms. The largest absolute Gasteiger partial charge is 0.314 e. The third-order valence-corrected chi connectivity index (χ3v) is 3.75. The first-order valence-electron chi connectivity index (χ1n) is 6.34. The first-order valence-corrected chi connectivity index (χ1v) is 6.34. The van der Waals surface area contributed by atoms with Gasteiger partial charge in [0.1, 0.15) is 0 Å². The minimum atomic E-state index is 0.708. The molecule has 0 saturated heterocycles. The second-order valence-electron chi connectivity index (χ2n) is 5.03. The summed E-state index contributed by atoms with van der Waals surface area (Å²) in [7, 11) is 0. The number of hydrogen-bond donors (Lipinski definition) is 1. The summed E-state index contributed by atoms with van der Waals surface area (Å²) in [5, 5.41) is 12.0. The van der Waals surface area contributed by atoms with Crippen LogP contribution < -0.4 is 5.32 Å². The lowest BCUT2D eigenvalue weighted by atomic mass is 9.79. The fourth-order valence-electron chi connectivity index (χ4n) is 2.37. The lowest BCUT2D eigenvalue weighted by molar-refractivity contribution is 0.226. The molecule has 15 heavy (non-hydrogen) atoms. The lowest BCUT2D eigenvalue weighted by Crippen LogP contribution is -2.36. The first kappa shape index (κ1) is 12.5. The zero-order chi connectivity index (χ0) is 11.1. The van der Waals surface area contributed by atoms with Crippen LogP contribution in [0.4, 0.5) is 0 Å². The van der Waals surface area contributed by atoms with Crippen molar-refractivity contribution in [2.75, 3.05) is 6.54 Å². The van der Waals surface area contributed by atoms with Crippen LogP contribution in [0, 0.1) is 23.2 Å². The molecule has 1 saturated carbocycles.